The normalized spacial score (nSPS) is 19.3. The Morgan fingerprint density at radius 2 is 2.00 bits per heavy atom. The zero-order valence-corrected chi connectivity index (χ0v) is 18.5. The largest absolute Gasteiger partial charge is 0.356 e. The third-order valence-corrected chi connectivity index (χ3v) is 4.58. The average molecular weight is 509 g/mol. The Morgan fingerprint density at radius 3 is 2.61 bits per heavy atom. The molecule has 1 unspecified atom stereocenters. The summed E-state index contributed by atoms with van der Waals surface area (Å²) in [5, 5.41) is 8.61. The van der Waals surface area contributed by atoms with Gasteiger partial charge in [-0.25, -0.2) is 13.6 Å². The highest BCUT2D eigenvalue weighted by atomic mass is 127. The van der Waals surface area contributed by atoms with Crippen molar-refractivity contribution < 1.29 is 18.4 Å². The fraction of sp³-hybridized carbons (Fsp3) is 0.500. The molecule has 7 nitrogen and oxygen atoms in total. The number of guanidine groups is 1. The van der Waals surface area contributed by atoms with Gasteiger partial charge in [-0.15, -0.1) is 24.0 Å². The first-order valence-electron chi connectivity index (χ1n) is 8.83. The second-order valence-electron chi connectivity index (χ2n) is 6.51. The van der Waals surface area contributed by atoms with E-state index in [1.165, 1.54) is 4.90 Å². The number of hydrogen-bond acceptors (Lipinski definition) is 3. The molecule has 1 heterocycles. The van der Waals surface area contributed by atoms with Crippen LogP contribution < -0.4 is 16.0 Å². The Morgan fingerprint density at radius 1 is 1.29 bits per heavy atom. The summed E-state index contributed by atoms with van der Waals surface area (Å²) >= 11 is 0. The van der Waals surface area contributed by atoms with Gasteiger partial charge in [0, 0.05) is 32.2 Å². The number of carbonyl (C=O) groups is 2. The van der Waals surface area contributed by atoms with Gasteiger partial charge in [0.1, 0.15) is 17.2 Å². The van der Waals surface area contributed by atoms with E-state index < -0.39 is 17.2 Å². The molecule has 10 heteroatoms. The minimum Gasteiger partial charge on any atom is -0.356 e. The summed E-state index contributed by atoms with van der Waals surface area (Å²) in [5.74, 6) is -0.825. The van der Waals surface area contributed by atoms with Gasteiger partial charge >= 0.3 is 6.03 Å². The first-order chi connectivity index (χ1) is 12.8. The van der Waals surface area contributed by atoms with Crippen molar-refractivity contribution in [2.24, 2.45) is 4.99 Å². The van der Waals surface area contributed by atoms with E-state index in [-0.39, 0.29) is 54.6 Å². The van der Waals surface area contributed by atoms with E-state index in [2.05, 4.69) is 20.9 Å². The van der Waals surface area contributed by atoms with Crippen molar-refractivity contribution in [1.29, 1.82) is 0 Å². The summed E-state index contributed by atoms with van der Waals surface area (Å²) < 4.78 is 26.8. The molecule has 28 heavy (non-hydrogen) atoms. The third kappa shape index (κ3) is 5.76. The molecule has 0 saturated carbocycles. The number of aliphatic imine (C=N–C) groups is 1. The van der Waals surface area contributed by atoms with E-state index in [4.69, 9.17) is 0 Å². The standard InChI is InChI=1S/C18H25F2N5O2.HI/c1-4-18(2)15(26)25(17(27)24-18)9-5-8-22-16(21-3)23-11-12-10-13(19)6-7-14(12)20;/h6-7,10H,4-5,8-9,11H2,1-3H3,(H,24,27)(H2,21,22,23);1H. The number of urea groups is 1. The number of halogens is 3. The van der Waals surface area contributed by atoms with Crippen LogP contribution >= 0.6 is 24.0 Å². The molecule has 1 aromatic rings. The van der Waals surface area contributed by atoms with Gasteiger partial charge < -0.3 is 16.0 Å². The zero-order valence-electron chi connectivity index (χ0n) is 16.1. The lowest BCUT2D eigenvalue weighted by molar-refractivity contribution is -0.130. The van der Waals surface area contributed by atoms with Gasteiger partial charge in [0.25, 0.3) is 5.91 Å². The SMILES string of the molecule is CCC1(C)NC(=O)N(CCCNC(=NC)NCc2cc(F)ccc2F)C1=O.I. The lowest BCUT2D eigenvalue weighted by Crippen LogP contribution is -2.43. The highest BCUT2D eigenvalue weighted by Gasteiger charge is 2.45. The molecule has 0 aliphatic carbocycles. The fourth-order valence-electron chi connectivity index (χ4n) is 2.71. The van der Waals surface area contributed by atoms with Crippen molar-refractivity contribution in [3.63, 3.8) is 0 Å². The second kappa shape index (κ2) is 10.5. The first kappa shape index (κ1) is 24.1. The lowest BCUT2D eigenvalue weighted by Gasteiger charge is -2.19. The predicted octanol–water partition coefficient (Wildman–Crippen LogP) is 2.36. The minimum atomic E-state index is -0.836. The summed E-state index contributed by atoms with van der Waals surface area (Å²) in [4.78, 5) is 29.4. The molecule has 156 valence electrons. The smallest absolute Gasteiger partial charge is 0.325 e. The Bertz CT molecular complexity index is 747. The number of benzene rings is 1. The molecule has 1 atom stereocenters. The molecular formula is C18H26F2IN5O2. The quantitative estimate of drug-likeness (QED) is 0.173. The van der Waals surface area contributed by atoms with Gasteiger partial charge in [0.05, 0.1) is 0 Å². The summed E-state index contributed by atoms with van der Waals surface area (Å²) in [6, 6.07) is 2.88. The number of amides is 3. The molecule has 2 rings (SSSR count). The molecule has 3 N–H and O–H groups in total. The minimum absolute atomic E-state index is 0. The number of imide groups is 1. The summed E-state index contributed by atoms with van der Waals surface area (Å²) in [5.41, 5.74) is -0.645. The van der Waals surface area contributed by atoms with Gasteiger partial charge in [0.2, 0.25) is 0 Å². The molecule has 1 aliphatic rings. The number of hydrogen-bond donors (Lipinski definition) is 3. The van der Waals surface area contributed by atoms with Crippen molar-refractivity contribution in [1.82, 2.24) is 20.9 Å². The van der Waals surface area contributed by atoms with Crippen molar-refractivity contribution in [2.75, 3.05) is 20.1 Å². The second-order valence-corrected chi connectivity index (χ2v) is 6.51. The van der Waals surface area contributed by atoms with Crippen LogP contribution in [0.4, 0.5) is 13.6 Å². The molecule has 3 amide bonds. The molecule has 1 fully saturated rings. The molecule has 0 radical (unpaired) electrons. The van der Waals surface area contributed by atoms with Gasteiger partial charge in [-0.1, -0.05) is 6.92 Å². The zero-order chi connectivity index (χ0) is 20.0. The van der Waals surface area contributed by atoms with E-state index >= 15 is 0 Å². The first-order valence-corrected chi connectivity index (χ1v) is 8.83. The van der Waals surface area contributed by atoms with E-state index in [1.54, 1.807) is 14.0 Å². The van der Waals surface area contributed by atoms with Gasteiger partial charge in [-0.2, -0.15) is 0 Å². The maximum absolute atomic E-state index is 13.6. The van der Waals surface area contributed by atoms with Crippen LogP contribution in [0.2, 0.25) is 0 Å². The van der Waals surface area contributed by atoms with E-state index in [0.29, 0.717) is 25.3 Å². The topological polar surface area (TPSA) is 85.8 Å². The Balaban J connectivity index is 0.00000392. The number of nitrogens with zero attached hydrogens (tertiary/aromatic N) is 2. The van der Waals surface area contributed by atoms with Gasteiger partial charge in [0.15, 0.2) is 5.96 Å². The predicted molar refractivity (Wildman–Crippen MR) is 114 cm³/mol. The number of rotatable bonds is 7. The van der Waals surface area contributed by atoms with Crippen LogP contribution in [0.3, 0.4) is 0 Å². The van der Waals surface area contributed by atoms with Crippen LogP contribution in [0.5, 0.6) is 0 Å². The Labute approximate surface area is 180 Å². The molecule has 1 aromatic carbocycles. The summed E-state index contributed by atoms with van der Waals surface area (Å²) in [6.07, 6.45) is 1.05. The van der Waals surface area contributed by atoms with E-state index in [9.17, 15) is 18.4 Å². The highest BCUT2D eigenvalue weighted by Crippen LogP contribution is 2.20. The van der Waals surface area contributed by atoms with Crippen molar-refractivity contribution in [3.8, 4) is 0 Å². The highest BCUT2D eigenvalue weighted by molar-refractivity contribution is 14.0. The van der Waals surface area contributed by atoms with E-state index in [1.807, 2.05) is 6.92 Å². The van der Waals surface area contributed by atoms with Crippen LogP contribution in [0.25, 0.3) is 0 Å². The summed E-state index contributed by atoms with van der Waals surface area (Å²) in [7, 11) is 1.56. The molecule has 0 aromatic heterocycles. The number of nitrogens with one attached hydrogen (secondary N) is 3. The Kier molecular flexibility index (Phi) is 9.05. The maximum atomic E-state index is 13.6. The molecule has 1 saturated heterocycles. The van der Waals surface area contributed by atoms with Crippen LogP contribution in [0, 0.1) is 11.6 Å². The maximum Gasteiger partial charge on any atom is 0.325 e. The van der Waals surface area contributed by atoms with E-state index in [0.717, 1.165) is 18.2 Å². The van der Waals surface area contributed by atoms with Crippen LogP contribution in [-0.4, -0.2) is 48.5 Å². The van der Waals surface area contributed by atoms with Gasteiger partial charge in [-0.05, 0) is 38.0 Å². The van der Waals surface area contributed by atoms with Crippen LogP contribution in [-0.2, 0) is 11.3 Å². The fourth-order valence-corrected chi connectivity index (χ4v) is 2.71. The van der Waals surface area contributed by atoms with Crippen molar-refractivity contribution in [3.05, 3.63) is 35.4 Å². The van der Waals surface area contributed by atoms with Crippen LogP contribution in [0.15, 0.2) is 23.2 Å². The van der Waals surface area contributed by atoms with Crippen molar-refractivity contribution in [2.45, 2.75) is 38.8 Å². The third-order valence-electron chi connectivity index (χ3n) is 4.58. The molecular weight excluding hydrogens is 483 g/mol. The molecule has 0 spiro atoms. The lowest BCUT2D eigenvalue weighted by atomic mass is 9.99. The Hall–Kier alpha value is -1.98. The number of carbonyl (C=O) groups excluding carboxylic acids is 2. The van der Waals surface area contributed by atoms with Crippen LogP contribution in [0.1, 0.15) is 32.3 Å². The van der Waals surface area contributed by atoms with Crippen molar-refractivity contribution >= 4 is 41.9 Å². The van der Waals surface area contributed by atoms with Gasteiger partial charge in [-0.3, -0.25) is 14.7 Å². The average Bonchev–Trinajstić information content (AvgIpc) is 2.86. The summed E-state index contributed by atoms with van der Waals surface area (Å²) in [6.45, 7) is 4.36. The molecule has 1 aliphatic heterocycles. The molecule has 0 bridgehead atoms. The monoisotopic (exact) mass is 509 g/mol.